The van der Waals surface area contributed by atoms with Crippen LogP contribution in [0, 0.1) is 5.82 Å². The lowest BCUT2D eigenvalue weighted by Crippen LogP contribution is -2.36. The maximum absolute atomic E-state index is 13.8. The van der Waals surface area contributed by atoms with Gasteiger partial charge in [0.15, 0.2) is 0 Å². The fourth-order valence-electron chi connectivity index (χ4n) is 2.69. The molecule has 1 aliphatic carbocycles. The molecule has 0 saturated heterocycles. The lowest BCUT2D eigenvalue weighted by Gasteiger charge is -2.26. The molecule has 0 aromatic heterocycles. The first-order valence-electron chi connectivity index (χ1n) is 5.58. The average molecular weight is 238 g/mol. The van der Waals surface area contributed by atoms with Crippen molar-refractivity contribution in [1.29, 1.82) is 0 Å². The van der Waals surface area contributed by atoms with Crippen LogP contribution in [0.2, 0.25) is 0 Å². The summed E-state index contributed by atoms with van der Waals surface area (Å²) in [6, 6.07) is 5.90. The van der Waals surface area contributed by atoms with E-state index in [9.17, 15) is 19.4 Å². The van der Waals surface area contributed by atoms with Gasteiger partial charge in [0.05, 0.1) is 11.0 Å². The van der Waals surface area contributed by atoms with Crippen LogP contribution in [0.1, 0.15) is 31.7 Å². The molecule has 4 heteroatoms. The highest BCUT2D eigenvalue weighted by atomic mass is 19.1. The standard InChI is InChI=1S/C13H15FO3/c1-12(17)6-7-13(8-12,11(15)16)9-4-2-3-5-10(9)14/h2-5,17H,6-8H2,1H3,(H,15,16). The molecule has 1 aromatic rings. The minimum absolute atomic E-state index is 0.0519. The largest absolute Gasteiger partial charge is 0.481 e. The second kappa shape index (κ2) is 3.81. The van der Waals surface area contributed by atoms with Crippen LogP contribution in [0.3, 0.4) is 0 Å². The first-order chi connectivity index (χ1) is 7.87. The van der Waals surface area contributed by atoms with Gasteiger partial charge in [-0.1, -0.05) is 18.2 Å². The molecule has 92 valence electrons. The van der Waals surface area contributed by atoms with Gasteiger partial charge in [0, 0.05) is 5.56 Å². The van der Waals surface area contributed by atoms with Crippen LogP contribution >= 0.6 is 0 Å². The molecule has 0 bridgehead atoms. The molecule has 0 amide bonds. The number of carbonyl (C=O) groups is 1. The molecule has 2 N–H and O–H groups in total. The van der Waals surface area contributed by atoms with E-state index in [-0.39, 0.29) is 18.4 Å². The summed E-state index contributed by atoms with van der Waals surface area (Å²) in [4.78, 5) is 11.5. The first-order valence-corrected chi connectivity index (χ1v) is 5.58. The van der Waals surface area contributed by atoms with E-state index in [0.717, 1.165) is 0 Å². The van der Waals surface area contributed by atoms with Crippen molar-refractivity contribution >= 4 is 5.97 Å². The van der Waals surface area contributed by atoms with E-state index in [1.807, 2.05) is 0 Å². The Kier molecular flexibility index (Phi) is 2.70. The SMILES string of the molecule is CC1(O)CCC(C(=O)O)(c2ccccc2F)C1. The van der Waals surface area contributed by atoms with E-state index in [2.05, 4.69) is 0 Å². The van der Waals surface area contributed by atoms with Gasteiger partial charge in [-0.3, -0.25) is 4.79 Å². The highest BCUT2D eigenvalue weighted by molar-refractivity contribution is 5.82. The topological polar surface area (TPSA) is 57.5 Å². The molecule has 0 spiro atoms. The summed E-state index contributed by atoms with van der Waals surface area (Å²) in [6.07, 6.45) is 0.681. The van der Waals surface area contributed by atoms with Crippen molar-refractivity contribution in [2.75, 3.05) is 0 Å². The Labute approximate surface area is 98.9 Å². The van der Waals surface area contributed by atoms with Crippen molar-refractivity contribution in [2.24, 2.45) is 0 Å². The summed E-state index contributed by atoms with van der Waals surface area (Å²) in [5, 5.41) is 19.3. The van der Waals surface area contributed by atoms with Crippen molar-refractivity contribution in [3.63, 3.8) is 0 Å². The number of rotatable bonds is 2. The van der Waals surface area contributed by atoms with E-state index in [1.165, 1.54) is 18.2 Å². The van der Waals surface area contributed by atoms with Crippen LogP contribution in [0.5, 0.6) is 0 Å². The van der Waals surface area contributed by atoms with Crippen LogP contribution in [0.25, 0.3) is 0 Å². The van der Waals surface area contributed by atoms with Crippen molar-refractivity contribution in [2.45, 2.75) is 37.2 Å². The molecule has 1 aromatic carbocycles. The number of aliphatic hydroxyl groups is 1. The van der Waals surface area contributed by atoms with E-state index in [0.29, 0.717) is 6.42 Å². The number of benzene rings is 1. The predicted molar refractivity (Wildman–Crippen MR) is 60.2 cm³/mol. The van der Waals surface area contributed by atoms with E-state index >= 15 is 0 Å². The molecule has 3 nitrogen and oxygen atoms in total. The summed E-state index contributed by atoms with van der Waals surface area (Å²) in [5.74, 6) is -1.59. The van der Waals surface area contributed by atoms with Gasteiger partial charge in [0.2, 0.25) is 0 Å². The molecule has 2 atom stereocenters. The average Bonchev–Trinajstić information content (AvgIpc) is 2.56. The van der Waals surface area contributed by atoms with Crippen LogP contribution in [-0.4, -0.2) is 21.8 Å². The van der Waals surface area contributed by atoms with Gasteiger partial charge in [0.1, 0.15) is 5.82 Å². The molecule has 2 unspecified atom stereocenters. The molecule has 0 heterocycles. The smallest absolute Gasteiger partial charge is 0.314 e. The highest BCUT2D eigenvalue weighted by Gasteiger charge is 2.52. The second-order valence-electron chi connectivity index (χ2n) is 5.04. The Balaban J connectivity index is 2.51. The first kappa shape index (κ1) is 12.0. The van der Waals surface area contributed by atoms with Crippen LogP contribution in [0.15, 0.2) is 24.3 Å². The van der Waals surface area contributed by atoms with E-state index in [1.54, 1.807) is 13.0 Å². The Morgan fingerprint density at radius 2 is 2.00 bits per heavy atom. The van der Waals surface area contributed by atoms with Gasteiger partial charge in [-0.05, 0) is 32.3 Å². The maximum atomic E-state index is 13.8. The monoisotopic (exact) mass is 238 g/mol. The lowest BCUT2D eigenvalue weighted by atomic mass is 9.77. The van der Waals surface area contributed by atoms with Crippen molar-refractivity contribution < 1.29 is 19.4 Å². The van der Waals surface area contributed by atoms with Crippen molar-refractivity contribution in [3.8, 4) is 0 Å². The number of aliphatic carboxylic acids is 1. The van der Waals surface area contributed by atoms with Crippen molar-refractivity contribution in [3.05, 3.63) is 35.6 Å². The zero-order valence-electron chi connectivity index (χ0n) is 9.61. The van der Waals surface area contributed by atoms with Crippen LogP contribution in [-0.2, 0) is 10.2 Å². The van der Waals surface area contributed by atoms with Crippen LogP contribution in [0.4, 0.5) is 4.39 Å². The van der Waals surface area contributed by atoms with Gasteiger partial charge >= 0.3 is 5.97 Å². The Hall–Kier alpha value is -1.42. The lowest BCUT2D eigenvalue weighted by molar-refractivity contribution is -0.144. The molecule has 1 saturated carbocycles. The normalized spacial score (nSPS) is 32.6. The van der Waals surface area contributed by atoms with Gasteiger partial charge in [-0.2, -0.15) is 0 Å². The Bertz CT molecular complexity index is 456. The molecule has 2 rings (SSSR count). The molecular weight excluding hydrogens is 223 g/mol. The minimum Gasteiger partial charge on any atom is -0.481 e. The Morgan fingerprint density at radius 1 is 1.35 bits per heavy atom. The third kappa shape index (κ3) is 1.93. The fraction of sp³-hybridized carbons (Fsp3) is 0.462. The molecule has 0 radical (unpaired) electrons. The fourth-order valence-corrected chi connectivity index (χ4v) is 2.69. The Morgan fingerprint density at radius 3 is 2.47 bits per heavy atom. The summed E-state index contributed by atoms with van der Waals surface area (Å²) in [6.45, 7) is 1.60. The predicted octanol–water partition coefficient (Wildman–Crippen LogP) is 2.08. The number of hydrogen-bond acceptors (Lipinski definition) is 2. The third-order valence-electron chi connectivity index (χ3n) is 3.57. The number of hydrogen-bond donors (Lipinski definition) is 2. The van der Waals surface area contributed by atoms with E-state index < -0.39 is 22.8 Å². The van der Waals surface area contributed by atoms with Gasteiger partial charge in [-0.25, -0.2) is 4.39 Å². The molecule has 0 aliphatic heterocycles. The van der Waals surface area contributed by atoms with Gasteiger partial charge < -0.3 is 10.2 Å². The number of carboxylic acid groups (broad SMARTS) is 1. The quantitative estimate of drug-likeness (QED) is 0.829. The zero-order chi connectivity index (χ0) is 12.7. The molecule has 17 heavy (non-hydrogen) atoms. The van der Waals surface area contributed by atoms with Crippen LogP contribution < -0.4 is 0 Å². The van der Waals surface area contributed by atoms with Gasteiger partial charge in [-0.15, -0.1) is 0 Å². The number of carboxylic acids is 1. The number of halogens is 1. The minimum atomic E-state index is -1.30. The molecule has 1 fully saturated rings. The third-order valence-corrected chi connectivity index (χ3v) is 3.57. The van der Waals surface area contributed by atoms with E-state index in [4.69, 9.17) is 0 Å². The van der Waals surface area contributed by atoms with Gasteiger partial charge in [0.25, 0.3) is 0 Å². The second-order valence-corrected chi connectivity index (χ2v) is 5.04. The summed E-state index contributed by atoms with van der Waals surface area (Å²) < 4.78 is 13.8. The highest BCUT2D eigenvalue weighted by Crippen LogP contribution is 2.47. The molecular formula is C13H15FO3. The maximum Gasteiger partial charge on any atom is 0.314 e. The van der Waals surface area contributed by atoms with Crippen molar-refractivity contribution in [1.82, 2.24) is 0 Å². The zero-order valence-corrected chi connectivity index (χ0v) is 9.61. The summed E-state index contributed by atoms with van der Waals surface area (Å²) >= 11 is 0. The summed E-state index contributed by atoms with van der Waals surface area (Å²) in [5.41, 5.74) is -2.17. The molecule has 1 aliphatic rings. The summed E-state index contributed by atoms with van der Waals surface area (Å²) in [7, 11) is 0.